The molecule has 1 aromatic carbocycles. The average molecular weight is 327 g/mol. The number of carbonyl (C=O) groups is 2. The number of carboxylic acids is 2. The molecule has 11 nitrogen and oxygen atoms in total. The zero-order valence-electron chi connectivity index (χ0n) is 12.0. The fourth-order valence-corrected chi connectivity index (χ4v) is 1.84. The van der Waals surface area contributed by atoms with Crippen molar-refractivity contribution in [3.05, 3.63) is 37.9 Å². The molecule has 0 saturated carbocycles. The fraction of sp³-hybridized carbons (Fsp3) is 0.333. The third-order valence-corrected chi connectivity index (χ3v) is 2.97. The second-order valence-electron chi connectivity index (χ2n) is 4.91. The molecule has 0 fully saturated rings. The van der Waals surface area contributed by atoms with E-state index < -0.39 is 56.4 Å². The number of anilines is 1. The lowest BCUT2D eigenvalue weighted by atomic mass is 10.0. The van der Waals surface area contributed by atoms with Gasteiger partial charge < -0.3 is 15.5 Å². The molecule has 0 radical (unpaired) electrons. The topological polar surface area (TPSA) is 173 Å². The maximum Gasteiger partial charge on any atom is 0.336 e. The molecule has 0 aliphatic carbocycles. The van der Waals surface area contributed by atoms with Gasteiger partial charge in [0, 0.05) is 12.1 Å². The number of benzene rings is 1. The van der Waals surface area contributed by atoms with Crippen LogP contribution in [0.2, 0.25) is 0 Å². The fourth-order valence-electron chi connectivity index (χ4n) is 1.84. The Hall–Kier alpha value is -3.24. The molecule has 1 rings (SSSR count). The summed E-state index contributed by atoms with van der Waals surface area (Å²) in [5.74, 6) is -3.47. The van der Waals surface area contributed by atoms with E-state index in [1.54, 1.807) is 0 Å². The molecule has 0 heterocycles. The summed E-state index contributed by atoms with van der Waals surface area (Å²) >= 11 is 0. The van der Waals surface area contributed by atoms with E-state index in [2.05, 4.69) is 5.32 Å². The van der Waals surface area contributed by atoms with E-state index in [-0.39, 0.29) is 0 Å². The summed E-state index contributed by atoms with van der Waals surface area (Å²) in [6.45, 7) is 3.02. The highest BCUT2D eigenvalue weighted by atomic mass is 16.6. The minimum Gasteiger partial charge on any atom is -0.480 e. The average Bonchev–Trinajstić information content (AvgIpc) is 2.42. The lowest BCUT2D eigenvalue weighted by molar-refractivity contribution is -0.392. The first-order valence-electron chi connectivity index (χ1n) is 6.25. The molecule has 0 aliphatic rings. The van der Waals surface area contributed by atoms with Crippen molar-refractivity contribution >= 4 is 29.0 Å². The molecule has 0 saturated heterocycles. The molecular weight excluding hydrogens is 314 g/mol. The Labute approximate surface area is 128 Å². The van der Waals surface area contributed by atoms with Crippen LogP contribution >= 0.6 is 0 Å². The first kappa shape index (κ1) is 17.8. The Morgan fingerprint density at radius 3 is 1.78 bits per heavy atom. The summed E-state index contributed by atoms with van der Waals surface area (Å²) in [6, 6.07) is -0.0588. The number of nitro benzene ring substituents is 2. The van der Waals surface area contributed by atoms with E-state index in [0.29, 0.717) is 12.1 Å². The number of aliphatic carboxylic acids is 1. The van der Waals surface area contributed by atoms with Crippen molar-refractivity contribution < 1.29 is 29.6 Å². The molecular formula is C12H13N3O8. The van der Waals surface area contributed by atoms with Gasteiger partial charge in [-0.15, -0.1) is 0 Å². The minimum atomic E-state index is -1.58. The molecule has 0 bridgehead atoms. The van der Waals surface area contributed by atoms with Gasteiger partial charge in [-0.05, 0) is 5.92 Å². The van der Waals surface area contributed by atoms with Crippen molar-refractivity contribution in [2.24, 2.45) is 5.92 Å². The lowest BCUT2D eigenvalue weighted by Crippen LogP contribution is -2.34. The highest BCUT2D eigenvalue weighted by Crippen LogP contribution is 2.36. The molecule has 0 amide bonds. The molecule has 0 aliphatic heterocycles. The van der Waals surface area contributed by atoms with Crippen LogP contribution in [0.5, 0.6) is 0 Å². The normalized spacial score (nSPS) is 11.8. The zero-order valence-corrected chi connectivity index (χ0v) is 12.0. The van der Waals surface area contributed by atoms with Crippen molar-refractivity contribution in [2.75, 3.05) is 5.32 Å². The van der Waals surface area contributed by atoms with Crippen molar-refractivity contribution in [1.29, 1.82) is 0 Å². The highest BCUT2D eigenvalue weighted by molar-refractivity contribution is 5.93. The van der Waals surface area contributed by atoms with Crippen molar-refractivity contribution in [1.82, 2.24) is 0 Å². The summed E-state index contributed by atoms with van der Waals surface area (Å²) in [5.41, 5.74) is -3.07. The van der Waals surface area contributed by atoms with E-state index >= 15 is 0 Å². The molecule has 11 heteroatoms. The van der Waals surface area contributed by atoms with Gasteiger partial charge in [-0.25, -0.2) is 9.59 Å². The van der Waals surface area contributed by atoms with Crippen LogP contribution in [0.1, 0.15) is 24.2 Å². The monoisotopic (exact) mass is 327 g/mol. The molecule has 3 N–H and O–H groups in total. The van der Waals surface area contributed by atoms with E-state index in [9.17, 15) is 29.8 Å². The van der Waals surface area contributed by atoms with Gasteiger partial charge in [-0.2, -0.15) is 0 Å². The number of hydrogen-bond donors (Lipinski definition) is 3. The van der Waals surface area contributed by atoms with Gasteiger partial charge in [0.25, 0.3) is 11.4 Å². The molecule has 0 unspecified atom stereocenters. The van der Waals surface area contributed by atoms with Gasteiger partial charge in [0.1, 0.15) is 6.04 Å². The Balaban J connectivity index is 3.61. The third-order valence-electron chi connectivity index (χ3n) is 2.97. The number of carboxylic acid groups (broad SMARTS) is 2. The highest BCUT2D eigenvalue weighted by Gasteiger charge is 2.32. The first-order chi connectivity index (χ1) is 10.6. The Morgan fingerprint density at radius 1 is 1.09 bits per heavy atom. The van der Waals surface area contributed by atoms with Crippen molar-refractivity contribution in [2.45, 2.75) is 19.9 Å². The van der Waals surface area contributed by atoms with Crippen LogP contribution in [0.4, 0.5) is 17.1 Å². The van der Waals surface area contributed by atoms with Gasteiger partial charge in [0.2, 0.25) is 0 Å². The Kier molecular flexibility index (Phi) is 5.17. The standard InChI is InChI=1S/C12H13N3O8/c1-5(2)9(12(18)19)13-10-7(14(20)21)3-6(11(16)17)4-8(10)15(22)23/h3-5,9,13H,1-2H3,(H,16,17)(H,18,19)/t9-/m1/s1. The maximum absolute atomic E-state index is 11.2. The molecule has 1 aromatic rings. The lowest BCUT2D eigenvalue weighted by Gasteiger charge is -2.19. The molecule has 124 valence electrons. The van der Waals surface area contributed by atoms with Crippen molar-refractivity contribution in [3.63, 3.8) is 0 Å². The number of nitrogens with zero attached hydrogens (tertiary/aromatic N) is 2. The van der Waals surface area contributed by atoms with Gasteiger partial charge in [0.15, 0.2) is 5.69 Å². The van der Waals surface area contributed by atoms with E-state index in [1.807, 2.05) is 0 Å². The van der Waals surface area contributed by atoms with Gasteiger partial charge in [-0.1, -0.05) is 13.8 Å². The summed E-state index contributed by atoms with van der Waals surface area (Å²) in [7, 11) is 0. The first-order valence-corrected chi connectivity index (χ1v) is 6.25. The van der Waals surface area contributed by atoms with Gasteiger partial charge in [0.05, 0.1) is 15.4 Å². The quantitative estimate of drug-likeness (QED) is 0.497. The number of hydrogen-bond acceptors (Lipinski definition) is 7. The van der Waals surface area contributed by atoms with Crippen LogP contribution in [0.3, 0.4) is 0 Å². The third kappa shape index (κ3) is 3.90. The molecule has 23 heavy (non-hydrogen) atoms. The summed E-state index contributed by atoms with van der Waals surface area (Å²) in [6.07, 6.45) is 0. The van der Waals surface area contributed by atoms with E-state index in [1.165, 1.54) is 13.8 Å². The molecule has 1 atom stereocenters. The number of rotatable bonds is 7. The summed E-state index contributed by atoms with van der Waals surface area (Å²) in [4.78, 5) is 42.3. The Bertz CT molecular complexity index is 650. The minimum absolute atomic E-state index is 0.536. The predicted octanol–water partition coefficient (Wildman–Crippen LogP) is 1.72. The van der Waals surface area contributed by atoms with Crippen LogP contribution in [0, 0.1) is 26.1 Å². The number of nitrogens with one attached hydrogen (secondary N) is 1. The van der Waals surface area contributed by atoms with Gasteiger partial charge in [-0.3, -0.25) is 20.2 Å². The SMILES string of the molecule is CC(C)[C@@H](Nc1c([N+](=O)[O-])cc(C(=O)O)cc1[N+](=O)[O-])C(=O)O. The smallest absolute Gasteiger partial charge is 0.336 e. The number of nitro groups is 2. The largest absolute Gasteiger partial charge is 0.480 e. The Morgan fingerprint density at radius 2 is 1.52 bits per heavy atom. The maximum atomic E-state index is 11.2. The second-order valence-corrected chi connectivity index (χ2v) is 4.91. The molecule has 0 spiro atoms. The van der Waals surface area contributed by atoms with Crippen LogP contribution in [-0.4, -0.2) is 38.0 Å². The van der Waals surface area contributed by atoms with E-state index in [4.69, 9.17) is 10.2 Å². The zero-order chi connectivity index (χ0) is 17.9. The van der Waals surface area contributed by atoms with Crippen LogP contribution in [0.25, 0.3) is 0 Å². The predicted molar refractivity (Wildman–Crippen MR) is 76.6 cm³/mol. The van der Waals surface area contributed by atoms with Gasteiger partial charge >= 0.3 is 11.9 Å². The van der Waals surface area contributed by atoms with Crippen LogP contribution in [0.15, 0.2) is 12.1 Å². The summed E-state index contributed by atoms with van der Waals surface area (Å²) < 4.78 is 0. The van der Waals surface area contributed by atoms with Crippen LogP contribution < -0.4 is 5.32 Å². The van der Waals surface area contributed by atoms with Crippen LogP contribution in [-0.2, 0) is 4.79 Å². The van der Waals surface area contributed by atoms with Crippen molar-refractivity contribution in [3.8, 4) is 0 Å². The van der Waals surface area contributed by atoms with E-state index in [0.717, 1.165) is 0 Å². The molecule has 0 aromatic heterocycles. The number of aromatic carboxylic acids is 1. The summed E-state index contributed by atoms with van der Waals surface area (Å²) in [5, 5.41) is 42.5. The second kappa shape index (κ2) is 6.68.